The standard InChI is InChI=1S/C20H28N4O2/c1-22-9-5-8-18(22)20(25)23-12-16-10-21-24(11-15-6-3-4-7-15)19(16)17(13-23)14-26-2/h5,8-10,15,17H,3-4,6-7,11-14H2,1-2H3/t17-/m0/s1. The Labute approximate surface area is 154 Å². The molecule has 0 N–H and O–H groups in total. The van der Waals surface area contributed by atoms with Gasteiger partial charge >= 0.3 is 0 Å². The zero-order valence-electron chi connectivity index (χ0n) is 15.7. The summed E-state index contributed by atoms with van der Waals surface area (Å²) in [5.41, 5.74) is 3.16. The van der Waals surface area contributed by atoms with Crippen LogP contribution >= 0.6 is 0 Å². The number of aryl methyl sites for hydroxylation is 1. The smallest absolute Gasteiger partial charge is 0.270 e. The lowest BCUT2D eigenvalue weighted by Gasteiger charge is -2.33. The molecule has 1 aliphatic carbocycles. The van der Waals surface area contributed by atoms with Crippen LogP contribution in [0.2, 0.25) is 0 Å². The zero-order valence-corrected chi connectivity index (χ0v) is 15.7. The van der Waals surface area contributed by atoms with Crippen LogP contribution < -0.4 is 0 Å². The van der Waals surface area contributed by atoms with Crippen molar-refractivity contribution in [2.45, 2.75) is 44.7 Å². The van der Waals surface area contributed by atoms with E-state index in [4.69, 9.17) is 4.74 Å². The summed E-state index contributed by atoms with van der Waals surface area (Å²) in [4.78, 5) is 14.9. The lowest BCUT2D eigenvalue weighted by molar-refractivity contribution is 0.0665. The van der Waals surface area contributed by atoms with Crippen molar-refractivity contribution in [2.24, 2.45) is 13.0 Å². The number of nitrogens with zero attached hydrogens (tertiary/aromatic N) is 4. The van der Waals surface area contributed by atoms with Gasteiger partial charge in [-0.15, -0.1) is 0 Å². The molecule has 0 radical (unpaired) electrons. The number of methoxy groups -OCH3 is 1. The molecule has 1 fully saturated rings. The van der Waals surface area contributed by atoms with Crippen molar-refractivity contribution in [3.05, 3.63) is 41.5 Å². The Morgan fingerprint density at radius 2 is 2.15 bits per heavy atom. The summed E-state index contributed by atoms with van der Waals surface area (Å²) < 4.78 is 9.57. The monoisotopic (exact) mass is 356 g/mol. The normalized spacial score (nSPS) is 20.5. The number of rotatable bonds is 5. The molecule has 2 aliphatic rings. The molecule has 140 valence electrons. The van der Waals surface area contributed by atoms with E-state index < -0.39 is 0 Å². The van der Waals surface area contributed by atoms with Crippen molar-refractivity contribution in [3.8, 4) is 0 Å². The van der Waals surface area contributed by atoms with Gasteiger partial charge in [0.1, 0.15) is 5.69 Å². The molecule has 1 saturated carbocycles. The minimum atomic E-state index is 0.0767. The molecular formula is C20H28N4O2. The average molecular weight is 356 g/mol. The number of hydrogen-bond donors (Lipinski definition) is 0. The largest absolute Gasteiger partial charge is 0.384 e. The Morgan fingerprint density at radius 1 is 1.35 bits per heavy atom. The lowest BCUT2D eigenvalue weighted by atomic mass is 9.96. The molecule has 0 aromatic carbocycles. The van der Waals surface area contributed by atoms with Crippen LogP contribution in [0.4, 0.5) is 0 Å². The summed E-state index contributed by atoms with van der Waals surface area (Å²) in [6.45, 7) is 2.92. The molecule has 1 aliphatic heterocycles. The van der Waals surface area contributed by atoms with Crippen LogP contribution in [0, 0.1) is 5.92 Å². The van der Waals surface area contributed by atoms with Crippen LogP contribution in [0.3, 0.4) is 0 Å². The SMILES string of the molecule is COC[C@@H]1CN(C(=O)c2cccn2C)Cc2cnn(CC3CCCC3)c21. The Morgan fingerprint density at radius 3 is 2.85 bits per heavy atom. The van der Waals surface area contributed by atoms with Crippen molar-refractivity contribution < 1.29 is 9.53 Å². The van der Waals surface area contributed by atoms with E-state index in [1.807, 2.05) is 41.0 Å². The molecule has 6 heteroatoms. The Hall–Kier alpha value is -2.08. The number of amides is 1. The first-order valence-corrected chi connectivity index (χ1v) is 9.61. The minimum Gasteiger partial charge on any atom is -0.384 e. The van der Waals surface area contributed by atoms with Gasteiger partial charge in [0.05, 0.1) is 18.5 Å². The molecule has 4 rings (SSSR count). The van der Waals surface area contributed by atoms with Crippen molar-refractivity contribution >= 4 is 5.91 Å². The molecule has 0 saturated heterocycles. The maximum Gasteiger partial charge on any atom is 0.270 e. The Balaban J connectivity index is 1.58. The van der Waals surface area contributed by atoms with Crippen molar-refractivity contribution in [3.63, 3.8) is 0 Å². The van der Waals surface area contributed by atoms with Gasteiger partial charge in [-0.05, 0) is 30.9 Å². The van der Waals surface area contributed by atoms with Gasteiger partial charge in [0, 0.05) is 51.5 Å². The average Bonchev–Trinajstić information content (AvgIpc) is 3.37. The second-order valence-electron chi connectivity index (χ2n) is 7.73. The zero-order chi connectivity index (χ0) is 18.1. The van der Waals surface area contributed by atoms with Crippen LogP contribution in [0.1, 0.15) is 53.3 Å². The number of carbonyl (C=O) groups is 1. The van der Waals surface area contributed by atoms with E-state index in [9.17, 15) is 4.79 Å². The first kappa shape index (κ1) is 17.3. The van der Waals surface area contributed by atoms with E-state index in [1.54, 1.807) is 7.11 Å². The predicted octanol–water partition coefficient (Wildman–Crippen LogP) is 2.80. The van der Waals surface area contributed by atoms with Crippen LogP contribution in [0.25, 0.3) is 0 Å². The van der Waals surface area contributed by atoms with Gasteiger partial charge in [0.25, 0.3) is 5.91 Å². The number of fused-ring (bicyclic) bond motifs is 1. The van der Waals surface area contributed by atoms with Crippen molar-refractivity contribution in [1.82, 2.24) is 19.2 Å². The third kappa shape index (κ3) is 3.18. The second-order valence-corrected chi connectivity index (χ2v) is 7.73. The molecular weight excluding hydrogens is 328 g/mol. The van der Waals surface area contributed by atoms with E-state index in [2.05, 4.69) is 9.78 Å². The van der Waals surface area contributed by atoms with Gasteiger partial charge in [0.2, 0.25) is 0 Å². The van der Waals surface area contributed by atoms with Crippen LogP contribution in [0.15, 0.2) is 24.5 Å². The highest BCUT2D eigenvalue weighted by atomic mass is 16.5. The fourth-order valence-corrected chi connectivity index (χ4v) is 4.57. The third-order valence-corrected chi connectivity index (χ3v) is 5.87. The van der Waals surface area contributed by atoms with Gasteiger partial charge in [-0.3, -0.25) is 9.48 Å². The quantitative estimate of drug-likeness (QED) is 0.828. The number of carbonyl (C=O) groups excluding carboxylic acids is 1. The number of ether oxygens (including phenoxy) is 1. The summed E-state index contributed by atoms with van der Waals surface area (Å²) in [6.07, 6.45) is 9.17. The molecule has 26 heavy (non-hydrogen) atoms. The first-order valence-electron chi connectivity index (χ1n) is 9.61. The molecule has 1 atom stereocenters. The van der Waals surface area contributed by atoms with E-state index in [0.717, 1.165) is 18.2 Å². The van der Waals surface area contributed by atoms with E-state index in [1.165, 1.54) is 36.9 Å². The molecule has 0 unspecified atom stereocenters. The van der Waals surface area contributed by atoms with Crippen LogP contribution in [-0.4, -0.2) is 45.4 Å². The van der Waals surface area contributed by atoms with Crippen LogP contribution in [-0.2, 0) is 24.9 Å². The van der Waals surface area contributed by atoms with E-state index >= 15 is 0 Å². The fourth-order valence-electron chi connectivity index (χ4n) is 4.57. The predicted molar refractivity (Wildman–Crippen MR) is 99.0 cm³/mol. The molecule has 2 aromatic heterocycles. The molecule has 0 bridgehead atoms. The van der Waals surface area contributed by atoms with E-state index in [0.29, 0.717) is 19.7 Å². The highest BCUT2D eigenvalue weighted by Gasteiger charge is 2.33. The van der Waals surface area contributed by atoms with Gasteiger partial charge in [-0.2, -0.15) is 5.10 Å². The summed E-state index contributed by atoms with van der Waals surface area (Å²) in [7, 11) is 3.64. The minimum absolute atomic E-state index is 0.0767. The second kappa shape index (κ2) is 7.27. The summed E-state index contributed by atoms with van der Waals surface area (Å²) in [5, 5.41) is 4.69. The maximum atomic E-state index is 13.0. The van der Waals surface area contributed by atoms with Gasteiger partial charge < -0.3 is 14.2 Å². The van der Waals surface area contributed by atoms with E-state index in [-0.39, 0.29) is 11.8 Å². The topological polar surface area (TPSA) is 52.3 Å². The Kier molecular flexibility index (Phi) is 4.85. The molecule has 2 aromatic rings. The molecule has 0 spiro atoms. The summed E-state index contributed by atoms with van der Waals surface area (Å²) in [5.74, 6) is 0.995. The third-order valence-electron chi connectivity index (χ3n) is 5.87. The van der Waals surface area contributed by atoms with Gasteiger partial charge in [-0.25, -0.2) is 0 Å². The molecule has 1 amide bonds. The van der Waals surface area contributed by atoms with Gasteiger partial charge in [0.15, 0.2) is 0 Å². The summed E-state index contributed by atoms with van der Waals surface area (Å²) in [6, 6.07) is 3.79. The fraction of sp³-hybridized carbons (Fsp3) is 0.600. The number of hydrogen-bond acceptors (Lipinski definition) is 3. The molecule has 6 nitrogen and oxygen atoms in total. The van der Waals surface area contributed by atoms with Gasteiger partial charge in [-0.1, -0.05) is 12.8 Å². The van der Waals surface area contributed by atoms with Crippen molar-refractivity contribution in [2.75, 3.05) is 20.3 Å². The molecule has 3 heterocycles. The maximum absolute atomic E-state index is 13.0. The lowest BCUT2D eigenvalue weighted by Crippen LogP contribution is -2.40. The van der Waals surface area contributed by atoms with Crippen LogP contribution in [0.5, 0.6) is 0 Å². The highest BCUT2D eigenvalue weighted by molar-refractivity contribution is 5.93. The first-order chi connectivity index (χ1) is 12.7. The Bertz CT molecular complexity index is 773. The summed E-state index contributed by atoms with van der Waals surface area (Å²) >= 11 is 0. The van der Waals surface area contributed by atoms with Crippen molar-refractivity contribution in [1.29, 1.82) is 0 Å². The number of aromatic nitrogens is 3. The highest BCUT2D eigenvalue weighted by Crippen LogP contribution is 2.32.